The summed E-state index contributed by atoms with van der Waals surface area (Å²) < 4.78 is 5.56. The molecule has 1 aromatic carbocycles. The van der Waals surface area contributed by atoms with Crippen molar-refractivity contribution in [3.05, 3.63) is 54.0 Å². The van der Waals surface area contributed by atoms with Crippen LogP contribution < -0.4 is 5.32 Å². The Labute approximate surface area is 171 Å². The predicted molar refractivity (Wildman–Crippen MR) is 112 cm³/mol. The van der Waals surface area contributed by atoms with Gasteiger partial charge in [0.05, 0.1) is 6.26 Å². The lowest BCUT2D eigenvalue weighted by Crippen LogP contribution is -2.45. The maximum atomic E-state index is 12.9. The van der Waals surface area contributed by atoms with Gasteiger partial charge in [-0.3, -0.25) is 4.79 Å². The highest BCUT2D eigenvalue weighted by atomic mass is 35.5. The molecule has 0 spiro atoms. The van der Waals surface area contributed by atoms with Crippen LogP contribution in [0.5, 0.6) is 0 Å². The smallest absolute Gasteiger partial charge is 0.289 e. The second-order valence-electron chi connectivity index (χ2n) is 7.29. The average Bonchev–Trinajstić information content (AvgIpc) is 3.41. The molecular weight excluding hydrogens is 380 g/mol. The maximum absolute atomic E-state index is 12.9. The summed E-state index contributed by atoms with van der Waals surface area (Å²) in [5.74, 6) is 2.21. The Morgan fingerprint density at radius 3 is 2.56 bits per heavy atom. The Balaban J connectivity index is 0.00000210. The third-order valence-corrected chi connectivity index (χ3v) is 6.31. The number of nitrogens with one attached hydrogen (secondary N) is 1. The number of furan rings is 1. The summed E-state index contributed by atoms with van der Waals surface area (Å²) >= 11 is 1.73. The zero-order valence-electron chi connectivity index (χ0n) is 15.4. The average molecular weight is 407 g/mol. The molecule has 0 radical (unpaired) electrons. The number of rotatable bonds is 7. The van der Waals surface area contributed by atoms with E-state index in [4.69, 9.17) is 4.42 Å². The number of carbonyl (C=O) groups is 1. The number of thioether (sulfide) groups is 1. The first kappa shape index (κ1) is 20.3. The number of likely N-dealkylation sites (tertiary alicyclic amines) is 1. The van der Waals surface area contributed by atoms with E-state index in [1.165, 1.54) is 17.7 Å². The summed E-state index contributed by atoms with van der Waals surface area (Å²) in [5.41, 5.74) is 0.984. The summed E-state index contributed by atoms with van der Waals surface area (Å²) in [4.78, 5) is 16.0. The van der Waals surface area contributed by atoms with Gasteiger partial charge in [0.2, 0.25) is 0 Å². The van der Waals surface area contributed by atoms with Crippen LogP contribution in [0.1, 0.15) is 41.8 Å². The normalized spacial score (nSPS) is 17.6. The number of piperidine rings is 1. The van der Waals surface area contributed by atoms with Crippen molar-refractivity contribution in [3.63, 3.8) is 0 Å². The van der Waals surface area contributed by atoms with Crippen LogP contribution in [0, 0.1) is 5.92 Å². The van der Waals surface area contributed by atoms with E-state index in [-0.39, 0.29) is 18.3 Å². The molecule has 6 heteroatoms. The number of halogens is 1. The van der Waals surface area contributed by atoms with E-state index in [9.17, 15) is 4.79 Å². The lowest BCUT2D eigenvalue weighted by Gasteiger charge is -2.32. The number of amides is 1. The minimum atomic E-state index is 0. The molecule has 0 atom stereocenters. The first-order valence-corrected chi connectivity index (χ1v) is 10.5. The number of carbonyl (C=O) groups excluding carboxylic acids is 1. The number of hydrogen-bond acceptors (Lipinski definition) is 4. The third kappa shape index (κ3) is 5.53. The molecule has 0 bridgehead atoms. The summed E-state index contributed by atoms with van der Waals surface area (Å²) in [6, 6.07) is 12.7. The van der Waals surface area contributed by atoms with Crippen molar-refractivity contribution in [2.45, 2.75) is 42.4 Å². The van der Waals surface area contributed by atoms with Crippen LogP contribution in [0.25, 0.3) is 0 Å². The fourth-order valence-corrected chi connectivity index (χ4v) is 4.30. The Bertz CT molecular complexity index is 725. The maximum Gasteiger partial charge on any atom is 0.289 e. The van der Waals surface area contributed by atoms with Crippen LogP contribution in [-0.2, 0) is 5.75 Å². The van der Waals surface area contributed by atoms with E-state index >= 15 is 0 Å². The van der Waals surface area contributed by atoms with E-state index in [0.717, 1.165) is 49.7 Å². The molecule has 4 rings (SSSR count). The van der Waals surface area contributed by atoms with Gasteiger partial charge in [-0.1, -0.05) is 18.2 Å². The van der Waals surface area contributed by atoms with Crippen LogP contribution in [0.15, 0.2) is 52.0 Å². The van der Waals surface area contributed by atoms with E-state index in [2.05, 4.69) is 17.4 Å². The Hall–Kier alpha value is -1.43. The highest BCUT2D eigenvalue weighted by molar-refractivity contribution is 7.98. The van der Waals surface area contributed by atoms with E-state index in [0.29, 0.717) is 11.8 Å². The largest absolute Gasteiger partial charge is 0.459 e. The molecule has 1 aromatic heterocycles. The van der Waals surface area contributed by atoms with E-state index in [1.807, 2.05) is 29.2 Å². The molecule has 1 amide bonds. The molecule has 1 aliphatic carbocycles. The monoisotopic (exact) mass is 406 g/mol. The highest BCUT2D eigenvalue weighted by Gasteiger charge is 2.28. The van der Waals surface area contributed by atoms with Gasteiger partial charge < -0.3 is 14.6 Å². The molecule has 2 heterocycles. The molecule has 0 unspecified atom stereocenters. The summed E-state index contributed by atoms with van der Waals surface area (Å²) in [6.07, 6.45) is 6.47. The predicted octanol–water partition coefficient (Wildman–Crippen LogP) is 4.60. The molecule has 146 valence electrons. The van der Waals surface area contributed by atoms with Crippen LogP contribution >= 0.6 is 24.2 Å². The zero-order valence-corrected chi connectivity index (χ0v) is 17.1. The van der Waals surface area contributed by atoms with Gasteiger partial charge >= 0.3 is 0 Å². The van der Waals surface area contributed by atoms with Crippen LogP contribution in [-0.4, -0.2) is 36.5 Å². The lowest BCUT2D eigenvalue weighted by molar-refractivity contribution is 0.0671. The van der Waals surface area contributed by atoms with Crippen molar-refractivity contribution >= 4 is 30.1 Å². The van der Waals surface area contributed by atoms with Gasteiger partial charge in [-0.25, -0.2) is 0 Å². The highest BCUT2D eigenvalue weighted by Crippen LogP contribution is 2.29. The molecule has 27 heavy (non-hydrogen) atoms. The van der Waals surface area contributed by atoms with Crippen molar-refractivity contribution in [1.82, 2.24) is 10.2 Å². The molecule has 2 fully saturated rings. The fourth-order valence-electron chi connectivity index (χ4n) is 3.40. The molecular formula is C21H27ClN2O2S. The van der Waals surface area contributed by atoms with Gasteiger partial charge in [0, 0.05) is 35.3 Å². The fraction of sp³-hybridized carbons (Fsp3) is 0.476. The van der Waals surface area contributed by atoms with Crippen molar-refractivity contribution < 1.29 is 9.21 Å². The molecule has 2 aromatic rings. The minimum absolute atomic E-state index is 0. The summed E-state index contributed by atoms with van der Waals surface area (Å²) in [5, 5.41) is 3.66. The molecule has 2 aliphatic rings. The van der Waals surface area contributed by atoms with Crippen molar-refractivity contribution in [2.75, 3.05) is 19.6 Å². The van der Waals surface area contributed by atoms with Gasteiger partial charge in [0.15, 0.2) is 5.76 Å². The molecule has 1 saturated carbocycles. The second-order valence-corrected chi connectivity index (χ2v) is 8.34. The van der Waals surface area contributed by atoms with Gasteiger partial charge in [-0.15, -0.1) is 24.2 Å². The van der Waals surface area contributed by atoms with Crippen molar-refractivity contribution in [1.29, 1.82) is 0 Å². The minimum Gasteiger partial charge on any atom is -0.459 e. The number of benzene rings is 1. The molecule has 4 nitrogen and oxygen atoms in total. The van der Waals surface area contributed by atoms with Crippen LogP contribution in [0.3, 0.4) is 0 Å². The Kier molecular flexibility index (Phi) is 7.27. The lowest BCUT2D eigenvalue weighted by atomic mass is 10.0. The molecule has 1 N–H and O–H groups in total. The van der Waals surface area contributed by atoms with Gasteiger partial charge in [0.25, 0.3) is 5.91 Å². The second kappa shape index (κ2) is 9.67. The van der Waals surface area contributed by atoms with E-state index in [1.54, 1.807) is 18.0 Å². The van der Waals surface area contributed by atoms with Crippen molar-refractivity contribution in [2.24, 2.45) is 5.92 Å². The molecule has 1 saturated heterocycles. The standard InChI is InChI=1S/C21H26N2O2S.ClH/c24-21(23-11-8-18(9-12-23)22-14-16-6-7-16)20-17(10-13-25-20)15-26-19-4-2-1-3-5-19;/h1-5,10,13,16,18,22H,6-9,11-12,14-15H2;1H. The summed E-state index contributed by atoms with van der Waals surface area (Å²) in [6.45, 7) is 2.78. The van der Waals surface area contributed by atoms with Crippen molar-refractivity contribution in [3.8, 4) is 0 Å². The SMILES string of the molecule is Cl.O=C(c1occc1CSc1ccccc1)N1CCC(NCC2CC2)CC1. The topological polar surface area (TPSA) is 45.5 Å². The number of hydrogen-bond donors (Lipinski definition) is 1. The van der Waals surface area contributed by atoms with Crippen LogP contribution in [0.4, 0.5) is 0 Å². The van der Waals surface area contributed by atoms with E-state index < -0.39 is 0 Å². The van der Waals surface area contributed by atoms with Gasteiger partial charge in [-0.2, -0.15) is 0 Å². The Morgan fingerprint density at radius 1 is 1.11 bits per heavy atom. The zero-order chi connectivity index (χ0) is 17.8. The Morgan fingerprint density at radius 2 is 1.85 bits per heavy atom. The quantitative estimate of drug-likeness (QED) is 0.682. The first-order valence-electron chi connectivity index (χ1n) is 9.56. The van der Waals surface area contributed by atoms with Gasteiger partial charge in [-0.05, 0) is 56.3 Å². The van der Waals surface area contributed by atoms with Gasteiger partial charge in [0.1, 0.15) is 0 Å². The number of nitrogens with zero attached hydrogens (tertiary/aromatic N) is 1. The first-order chi connectivity index (χ1) is 12.8. The molecule has 1 aliphatic heterocycles. The van der Waals surface area contributed by atoms with Crippen LogP contribution in [0.2, 0.25) is 0 Å². The summed E-state index contributed by atoms with van der Waals surface area (Å²) in [7, 11) is 0. The third-order valence-electron chi connectivity index (χ3n) is 5.25.